The molecule has 0 fully saturated rings. The lowest BCUT2D eigenvalue weighted by Gasteiger charge is -2.33. The van der Waals surface area contributed by atoms with Gasteiger partial charge in [0, 0.05) is 30.5 Å². The number of hydrogen-bond donors (Lipinski definition) is 1. The fraction of sp³-hybridized carbons (Fsp3) is 0.545. The molecular formula is C22H34N4O3. The highest BCUT2D eigenvalue weighted by molar-refractivity contribution is 5.84. The van der Waals surface area contributed by atoms with Gasteiger partial charge in [-0.3, -0.25) is 4.79 Å². The summed E-state index contributed by atoms with van der Waals surface area (Å²) in [4.78, 5) is 29.4. The van der Waals surface area contributed by atoms with Gasteiger partial charge in [-0.05, 0) is 58.4 Å². The maximum Gasteiger partial charge on any atom is 0.318 e. The van der Waals surface area contributed by atoms with Crippen molar-refractivity contribution in [3.05, 3.63) is 48.2 Å². The van der Waals surface area contributed by atoms with E-state index in [2.05, 4.69) is 5.32 Å². The number of nitrogens with one attached hydrogen (secondary N) is 1. The van der Waals surface area contributed by atoms with E-state index >= 15 is 0 Å². The minimum atomic E-state index is -0.372. The average Bonchev–Trinajstić information content (AvgIpc) is 3.28. The summed E-state index contributed by atoms with van der Waals surface area (Å²) in [5, 5.41) is 2.97. The van der Waals surface area contributed by atoms with E-state index in [1.165, 1.54) is 0 Å². The Hall–Kier alpha value is -2.70. The molecule has 0 saturated carbocycles. The van der Waals surface area contributed by atoms with Crippen LogP contribution in [0.5, 0.6) is 0 Å². The lowest BCUT2D eigenvalue weighted by molar-refractivity contribution is -0.133. The number of carbonyl (C=O) groups excluding carboxylic acids is 2. The Balaban J connectivity index is 2.20. The van der Waals surface area contributed by atoms with Gasteiger partial charge in [-0.15, -0.1) is 0 Å². The standard InChI is InChI=1S/C22H34N4O3/c1-7-17(2)26(21(28)23-22(3,4)5)16-20(27)25(15-19-11-9-13-29-19)14-18-10-8-12-24(18)6/h8-13,17H,7,14-16H2,1-6H3,(H,23,28)/t17-/m0/s1. The second kappa shape index (κ2) is 9.67. The highest BCUT2D eigenvalue weighted by atomic mass is 16.3. The van der Waals surface area contributed by atoms with E-state index in [1.807, 2.05) is 76.7 Å². The van der Waals surface area contributed by atoms with Crippen LogP contribution in [-0.2, 0) is 24.9 Å². The van der Waals surface area contributed by atoms with Crippen molar-refractivity contribution in [2.24, 2.45) is 7.05 Å². The van der Waals surface area contributed by atoms with E-state index in [-0.39, 0.29) is 30.1 Å². The molecule has 0 radical (unpaired) electrons. The summed E-state index contributed by atoms with van der Waals surface area (Å²) in [7, 11) is 1.95. The highest BCUT2D eigenvalue weighted by Gasteiger charge is 2.27. The monoisotopic (exact) mass is 402 g/mol. The number of aromatic nitrogens is 1. The summed E-state index contributed by atoms with van der Waals surface area (Å²) in [6, 6.07) is 7.32. The first kappa shape index (κ1) is 22.6. The van der Waals surface area contributed by atoms with Crippen molar-refractivity contribution >= 4 is 11.9 Å². The number of aryl methyl sites for hydroxylation is 1. The fourth-order valence-electron chi connectivity index (χ4n) is 2.97. The van der Waals surface area contributed by atoms with Gasteiger partial charge in [0.15, 0.2) is 0 Å². The molecule has 0 aromatic carbocycles. The number of carbonyl (C=O) groups is 2. The number of urea groups is 1. The van der Waals surface area contributed by atoms with Crippen molar-refractivity contribution < 1.29 is 14.0 Å². The van der Waals surface area contributed by atoms with Gasteiger partial charge < -0.3 is 24.1 Å². The van der Waals surface area contributed by atoms with E-state index in [1.54, 1.807) is 16.1 Å². The smallest absolute Gasteiger partial charge is 0.318 e. The number of nitrogens with zero attached hydrogens (tertiary/aromatic N) is 3. The van der Waals surface area contributed by atoms with Crippen LogP contribution in [0.2, 0.25) is 0 Å². The van der Waals surface area contributed by atoms with E-state index in [0.717, 1.165) is 12.1 Å². The van der Waals surface area contributed by atoms with Crippen molar-refractivity contribution in [2.75, 3.05) is 6.54 Å². The molecule has 0 unspecified atom stereocenters. The summed E-state index contributed by atoms with van der Waals surface area (Å²) in [5.41, 5.74) is 0.641. The first-order chi connectivity index (χ1) is 13.6. The molecule has 0 spiro atoms. The quantitative estimate of drug-likeness (QED) is 0.731. The number of amides is 3. The number of furan rings is 1. The molecule has 0 saturated heterocycles. The molecule has 7 nitrogen and oxygen atoms in total. The molecule has 29 heavy (non-hydrogen) atoms. The maximum absolute atomic E-state index is 13.3. The van der Waals surface area contributed by atoms with Gasteiger partial charge in [-0.2, -0.15) is 0 Å². The Morgan fingerprint density at radius 3 is 2.45 bits per heavy atom. The summed E-state index contributed by atoms with van der Waals surface area (Å²) in [5.74, 6) is 0.591. The van der Waals surface area contributed by atoms with Gasteiger partial charge in [0.1, 0.15) is 12.3 Å². The van der Waals surface area contributed by atoms with E-state index < -0.39 is 0 Å². The van der Waals surface area contributed by atoms with E-state index in [9.17, 15) is 9.59 Å². The van der Waals surface area contributed by atoms with Crippen molar-refractivity contribution in [2.45, 2.75) is 65.7 Å². The van der Waals surface area contributed by atoms with Crippen LogP contribution in [-0.4, -0.2) is 44.4 Å². The first-order valence-corrected chi connectivity index (χ1v) is 10.1. The average molecular weight is 403 g/mol. The van der Waals surface area contributed by atoms with Crippen LogP contribution < -0.4 is 5.32 Å². The Bertz CT molecular complexity index is 789. The predicted octanol–water partition coefficient (Wildman–Crippen LogP) is 3.76. The van der Waals surface area contributed by atoms with Gasteiger partial charge in [-0.25, -0.2) is 4.79 Å². The second-order valence-corrected chi connectivity index (χ2v) is 8.50. The Morgan fingerprint density at radius 2 is 1.93 bits per heavy atom. The van der Waals surface area contributed by atoms with Gasteiger partial charge in [0.05, 0.1) is 19.4 Å². The van der Waals surface area contributed by atoms with E-state index in [4.69, 9.17) is 4.42 Å². The molecule has 3 amide bonds. The molecule has 2 aromatic heterocycles. The third-order valence-electron chi connectivity index (χ3n) is 4.85. The molecule has 1 atom stereocenters. The van der Waals surface area contributed by atoms with Crippen LogP contribution in [0.3, 0.4) is 0 Å². The molecule has 7 heteroatoms. The molecule has 2 aromatic rings. The Morgan fingerprint density at radius 1 is 1.21 bits per heavy atom. The van der Waals surface area contributed by atoms with Crippen LogP contribution in [0.1, 0.15) is 52.5 Å². The van der Waals surface area contributed by atoms with Crippen LogP contribution in [0, 0.1) is 0 Å². The lowest BCUT2D eigenvalue weighted by atomic mass is 10.1. The highest BCUT2D eigenvalue weighted by Crippen LogP contribution is 2.14. The summed E-state index contributed by atoms with van der Waals surface area (Å²) in [6.45, 7) is 10.6. The minimum absolute atomic E-state index is 0.0159. The number of rotatable bonds is 8. The summed E-state index contributed by atoms with van der Waals surface area (Å²) >= 11 is 0. The Labute approximate surface area is 173 Å². The molecular weight excluding hydrogens is 368 g/mol. The zero-order valence-corrected chi connectivity index (χ0v) is 18.4. The van der Waals surface area contributed by atoms with Gasteiger partial charge in [-0.1, -0.05) is 6.92 Å². The van der Waals surface area contributed by atoms with Gasteiger partial charge in [0.2, 0.25) is 5.91 Å². The third-order valence-corrected chi connectivity index (χ3v) is 4.85. The molecule has 160 valence electrons. The SMILES string of the molecule is CC[C@H](C)N(CC(=O)N(Cc1ccco1)Cc1cccn1C)C(=O)NC(C)(C)C. The molecule has 2 heterocycles. The topological polar surface area (TPSA) is 70.7 Å². The van der Waals surface area contributed by atoms with Crippen molar-refractivity contribution in [1.82, 2.24) is 19.7 Å². The van der Waals surface area contributed by atoms with Crippen molar-refractivity contribution in [3.8, 4) is 0 Å². The Kier molecular flexibility index (Phi) is 7.53. The minimum Gasteiger partial charge on any atom is -0.467 e. The number of hydrogen-bond acceptors (Lipinski definition) is 3. The van der Waals surface area contributed by atoms with Crippen LogP contribution >= 0.6 is 0 Å². The molecule has 2 rings (SSSR count). The normalized spacial score (nSPS) is 12.5. The van der Waals surface area contributed by atoms with Crippen LogP contribution in [0.15, 0.2) is 41.1 Å². The summed E-state index contributed by atoms with van der Waals surface area (Å²) < 4.78 is 7.44. The molecule has 0 aliphatic carbocycles. The lowest BCUT2D eigenvalue weighted by Crippen LogP contribution is -2.54. The predicted molar refractivity (Wildman–Crippen MR) is 113 cm³/mol. The van der Waals surface area contributed by atoms with Crippen LogP contribution in [0.25, 0.3) is 0 Å². The van der Waals surface area contributed by atoms with Crippen molar-refractivity contribution in [3.63, 3.8) is 0 Å². The third kappa shape index (κ3) is 6.69. The fourth-order valence-corrected chi connectivity index (χ4v) is 2.97. The van der Waals surface area contributed by atoms with Gasteiger partial charge in [0.25, 0.3) is 0 Å². The van der Waals surface area contributed by atoms with E-state index in [0.29, 0.717) is 18.8 Å². The van der Waals surface area contributed by atoms with Crippen molar-refractivity contribution in [1.29, 1.82) is 0 Å². The molecule has 0 aliphatic rings. The maximum atomic E-state index is 13.3. The largest absolute Gasteiger partial charge is 0.467 e. The summed E-state index contributed by atoms with van der Waals surface area (Å²) in [6.07, 6.45) is 4.32. The van der Waals surface area contributed by atoms with Gasteiger partial charge >= 0.3 is 6.03 Å². The molecule has 0 aliphatic heterocycles. The first-order valence-electron chi connectivity index (χ1n) is 10.1. The van der Waals surface area contributed by atoms with Crippen LogP contribution in [0.4, 0.5) is 4.79 Å². The molecule has 1 N–H and O–H groups in total. The second-order valence-electron chi connectivity index (χ2n) is 8.50. The zero-order chi connectivity index (χ0) is 21.6. The molecule has 0 bridgehead atoms. The zero-order valence-electron chi connectivity index (χ0n) is 18.4.